The van der Waals surface area contributed by atoms with E-state index in [0.717, 1.165) is 39.3 Å². The highest BCUT2D eigenvalue weighted by atomic mass is 16.5. The van der Waals surface area contributed by atoms with Gasteiger partial charge >= 0.3 is 0 Å². The number of carboxylic acid groups (broad SMARTS) is 1. The van der Waals surface area contributed by atoms with E-state index in [1.165, 1.54) is 0 Å². The van der Waals surface area contributed by atoms with Gasteiger partial charge in [-0.05, 0) is 13.0 Å². The van der Waals surface area contributed by atoms with Crippen LogP contribution in [0.5, 0.6) is 0 Å². The van der Waals surface area contributed by atoms with Crippen LogP contribution in [0.25, 0.3) is 0 Å². The Bertz CT molecular complexity index is 157. The van der Waals surface area contributed by atoms with Crippen LogP contribution >= 0.6 is 0 Å². The standard InChI is InChI=1S/C8H16N2O3/c11-8(12)9-2-1-3-10-4-6-13-7-5-10/h9H,1-7H2,(H,11,12)/p-1. The summed E-state index contributed by atoms with van der Waals surface area (Å²) in [4.78, 5) is 12.3. The summed E-state index contributed by atoms with van der Waals surface area (Å²) in [6.45, 7) is 4.86. The Morgan fingerprint density at radius 3 is 2.77 bits per heavy atom. The summed E-state index contributed by atoms with van der Waals surface area (Å²) in [6.07, 6.45) is -0.365. The molecule has 0 aliphatic carbocycles. The van der Waals surface area contributed by atoms with E-state index >= 15 is 0 Å². The molecule has 13 heavy (non-hydrogen) atoms. The molecule has 0 spiro atoms. The smallest absolute Gasteiger partial charge is 0.134 e. The molecule has 1 fully saturated rings. The van der Waals surface area contributed by atoms with Gasteiger partial charge in [-0.15, -0.1) is 0 Å². The molecule has 5 heteroatoms. The van der Waals surface area contributed by atoms with Gasteiger partial charge < -0.3 is 20.0 Å². The first-order chi connectivity index (χ1) is 6.29. The van der Waals surface area contributed by atoms with Crippen molar-refractivity contribution in [3.8, 4) is 0 Å². The fourth-order valence-corrected chi connectivity index (χ4v) is 1.32. The molecule has 0 aromatic carbocycles. The van der Waals surface area contributed by atoms with Crippen molar-refractivity contribution in [1.82, 2.24) is 10.2 Å². The zero-order valence-corrected chi connectivity index (χ0v) is 7.62. The molecule has 0 radical (unpaired) electrons. The van der Waals surface area contributed by atoms with Gasteiger partial charge in [-0.3, -0.25) is 4.90 Å². The second-order valence-corrected chi connectivity index (χ2v) is 3.02. The van der Waals surface area contributed by atoms with Crippen molar-refractivity contribution >= 4 is 6.09 Å². The first-order valence-corrected chi connectivity index (χ1v) is 4.54. The second kappa shape index (κ2) is 5.77. The lowest BCUT2D eigenvalue weighted by Gasteiger charge is -2.26. The maximum absolute atomic E-state index is 9.99. The largest absolute Gasteiger partial charge is 0.530 e. The Morgan fingerprint density at radius 1 is 1.46 bits per heavy atom. The summed E-state index contributed by atoms with van der Waals surface area (Å²) in [5, 5.41) is 12.2. The third-order valence-electron chi connectivity index (χ3n) is 2.02. The molecule has 1 aliphatic rings. The van der Waals surface area contributed by atoms with Crippen LogP contribution in [0.3, 0.4) is 0 Å². The third kappa shape index (κ3) is 4.69. The molecule has 5 nitrogen and oxygen atoms in total. The van der Waals surface area contributed by atoms with E-state index in [2.05, 4.69) is 10.2 Å². The van der Waals surface area contributed by atoms with E-state index < -0.39 is 6.09 Å². The predicted molar refractivity (Wildman–Crippen MR) is 45.3 cm³/mol. The molecule has 1 saturated heterocycles. The van der Waals surface area contributed by atoms with Crippen LogP contribution in [0, 0.1) is 0 Å². The quantitative estimate of drug-likeness (QED) is 0.552. The maximum Gasteiger partial charge on any atom is 0.134 e. The van der Waals surface area contributed by atoms with E-state index in [0.29, 0.717) is 6.54 Å². The molecule has 1 aliphatic heterocycles. The molecule has 1 N–H and O–H groups in total. The summed E-state index contributed by atoms with van der Waals surface area (Å²) in [7, 11) is 0. The Hall–Kier alpha value is -0.810. The number of ether oxygens (including phenoxy) is 1. The minimum absolute atomic E-state index is 0.472. The van der Waals surface area contributed by atoms with Crippen LogP contribution in [0.4, 0.5) is 4.79 Å². The minimum atomic E-state index is -1.19. The van der Waals surface area contributed by atoms with Crippen LogP contribution in [0.2, 0.25) is 0 Å². The number of carbonyl (C=O) groups excluding carboxylic acids is 1. The molecule has 0 saturated carbocycles. The molecule has 0 aromatic rings. The number of nitrogens with zero attached hydrogens (tertiary/aromatic N) is 1. The minimum Gasteiger partial charge on any atom is -0.530 e. The number of rotatable bonds is 4. The van der Waals surface area contributed by atoms with Gasteiger partial charge in [0.25, 0.3) is 0 Å². The highest BCUT2D eigenvalue weighted by molar-refractivity contribution is 5.61. The summed E-state index contributed by atoms with van der Waals surface area (Å²) in [5.41, 5.74) is 0. The van der Waals surface area contributed by atoms with Crippen molar-refractivity contribution in [2.45, 2.75) is 6.42 Å². The van der Waals surface area contributed by atoms with Gasteiger partial charge in [0.2, 0.25) is 0 Å². The lowest BCUT2D eigenvalue weighted by molar-refractivity contribution is -0.250. The fourth-order valence-electron chi connectivity index (χ4n) is 1.32. The van der Waals surface area contributed by atoms with Gasteiger partial charge in [0.1, 0.15) is 6.09 Å². The van der Waals surface area contributed by atoms with Crippen molar-refractivity contribution in [2.24, 2.45) is 0 Å². The molecule has 1 heterocycles. The van der Waals surface area contributed by atoms with Crippen molar-refractivity contribution in [1.29, 1.82) is 0 Å². The monoisotopic (exact) mass is 187 g/mol. The van der Waals surface area contributed by atoms with Gasteiger partial charge in [0, 0.05) is 19.6 Å². The number of nitrogens with one attached hydrogen (secondary N) is 1. The van der Waals surface area contributed by atoms with Gasteiger partial charge in [-0.2, -0.15) is 0 Å². The summed E-state index contributed by atoms with van der Waals surface area (Å²) >= 11 is 0. The number of amides is 1. The van der Waals surface area contributed by atoms with Gasteiger partial charge in [-0.1, -0.05) is 0 Å². The SMILES string of the molecule is O=C([O-])NCCCN1CCOCC1. The third-order valence-corrected chi connectivity index (χ3v) is 2.02. The van der Waals surface area contributed by atoms with E-state index in [4.69, 9.17) is 4.74 Å². The summed E-state index contributed by atoms with van der Waals surface area (Å²) in [5.74, 6) is 0. The molecule has 1 rings (SSSR count). The normalized spacial score (nSPS) is 18.5. The van der Waals surface area contributed by atoms with Crippen LogP contribution in [-0.2, 0) is 4.74 Å². The molecule has 0 atom stereocenters. The molecule has 0 bridgehead atoms. The highest BCUT2D eigenvalue weighted by Gasteiger charge is 2.08. The lowest BCUT2D eigenvalue weighted by atomic mass is 10.3. The van der Waals surface area contributed by atoms with E-state index in [1.807, 2.05) is 0 Å². The van der Waals surface area contributed by atoms with Crippen LogP contribution < -0.4 is 10.4 Å². The van der Waals surface area contributed by atoms with Gasteiger partial charge in [0.05, 0.1) is 13.2 Å². The molecule has 1 amide bonds. The van der Waals surface area contributed by atoms with Crippen molar-refractivity contribution in [3.63, 3.8) is 0 Å². The lowest BCUT2D eigenvalue weighted by Crippen LogP contribution is -2.40. The van der Waals surface area contributed by atoms with Gasteiger partial charge in [-0.25, -0.2) is 0 Å². The van der Waals surface area contributed by atoms with E-state index in [-0.39, 0.29) is 0 Å². The first-order valence-electron chi connectivity index (χ1n) is 4.54. The van der Waals surface area contributed by atoms with Crippen LogP contribution in [0.15, 0.2) is 0 Å². The summed E-state index contributed by atoms with van der Waals surface area (Å²) < 4.78 is 5.18. The van der Waals surface area contributed by atoms with Crippen LogP contribution in [0.1, 0.15) is 6.42 Å². The van der Waals surface area contributed by atoms with E-state index in [9.17, 15) is 9.90 Å². The zero-order chi connectivity index (χ0) is 9.52. The highest BCUT2D eigenvalue weighted by Crippen LogP contribution is 1.96. The Kier molecular flexibility index (Phi) is 4.56. The van der Waals surface area contributed by atoms with E-state index in [1.54, 1.807) is 0 Å². The number of carbonyl (C=O) groups is 1. The average molecular weight is 187 g/mol. The topological polar surface area (TPSA) is 64.6 Å². The average Bonchev–Trinajstić information content (AvgIpc) is 2.14. The molecular weight excluding hydrogens is 172 g/mol. The molecule has 0 unspecified atom stereocenters. The number of morpholine rings is 1. The molecule has 0 aromatic heterocycles. The maximum atomic E-state index is 9.99. The zero-order valence-electron chi connectivity index (χ0n) is 7.62. The second-order valence-electron chi connectivity index (χ2n) is 3.02. The van der Waals surface area contributed by atoms with Crippen molar-refractivity contribution in [3.05, 3.63) is 0 Å². The fraction of sp³-hybridized carbons (Fsp3) is 0.875. The van der Waals surface area contributed by atoms with Crippen LogP contribution in [-0.4, -0.2) is 50.4 Å². The Balaban J connectivity index is 1.95. The van der Waals surface area contributed by atoms with Crippen molar-refractivity contribution in [2.75, 3.05) is 39.4 Å². The molecular formula is C8H15N2O3-. The number of hydrogen-bond acceptors (Lipinski definition) is 4. The predicted octanol–water partition coefficient (Wildman–Crippen LogP) is -1.36. The molecule has 76 valence electrons. The van der Waals surface area contributed by atoms with Gasteiger partial charge in [0.15, 0.2) is 0 Å². The Morgan fingerprint density at radius 2 is 2.15 bits per heavy atom. The first kappa shape index (κ1) is 10.3. The van der Waals surface area contributed by atoms with Crippen molar-refractivity contribution < 1.29 is 14.6 Å². The number of hydrogen-bond donors (Lipinski definition) is 1. The Labute approximate surface area is 77.7 Å². The summed E-state index contributed by atoms with van der Waals surface area (Å²) in [6, 6.07) is 0.